The van der Waals surface area contributed by atoms with Gasteiger partial charge < -0.3 is 10.2 Å². The molecule has 0 atom stereocenters. The third-order valence-corrected chi connectivity index (χ3v) is 4.64. The van der Waals surface area contributed by atoms with E-state index in [0.717, 1.165) is 44.5 Å². The highest BCUT2D eigenvalue weighted by molar-refractivity contribution is 5.79. The summed E-state index contributed by atoms with van der Waals surface area (Å²) in [6, 6.07) is 1.90. The van der Waals surface area contributed by atoms with Crippen molar-refractivity contribution in [2.45, 2.75) is 38.1 Å². The maximum Gasteiger partial charge on any atom is 0.268 e. The number of hydrogen-bond acceptors (Lipinski definition) is 4. The summed E-state index contributed by atoms with van der Waals surface area (Å²) in [5, 5.41) is 7.22. The van der Waals surface area contributed by atoms with Gasteiger partial charge in [0, 0.05) is 38.2 Å². The first-order valence-electron chi connectivity index (χ1n) is 7.72. The third-order valence-electron chi connectivity index (χ3n) is 4.64. The van der Waals surface area contributed by atoms with Crippen molar-refractivity contribution in [3.63, 3.8) is 0 Å². The maximum atomic E-state index is 11.9. The number of amides is 1. The number of hydrogen-bond donors (Lipinski definition) is 1. The predicted molar refractivity (Wildman–Crippen MR) is 80.2 cm³/mol. The second kappa shape index (κ2) is 5.87. The number of aryl methyl sites for hydroxylation is 1. The van der Waals surface area contributed by atoms with Crippen LogP contribution in [0.25, 0.3) is 0 Å². The van der Waals surface area contributed by atoms with Crippen LogP contribution in [0.15, 0.2) is 17.1 Å². The lowest BCUT2D eigenvalue weighted by molar-refractivity contribution is -0.128. The Bertz CT molecular complexity index is 571. The Balaban J connectivity index is 1.53. The van der Waals surface area contributed by atoms with Crippen LogP contribution in [0.3, 0.4) is 0 Å². The van der Waals surface area contributed by atoms with E-state index in [1.807, 2.05) is 0 Å². The molecule has 6 heteroatoms. The number of carbonyl (C=O) groups is 1. The predicted octanol–water partition coefficient (Wildman–Crippen LogP) is 0.665. The molecular formula is C15H22N4O2. The second-order valence-corrected chi connectivity index (χ2v) is 6.07. The number of piperidine rings is 1. The van der Waals surface area contributed by atoms with E-state index in [2.05, 4.69) is 15.3 Å². The molecule has 0 aromatic carbocycles. The van der Waals surface area contributed by atoms with Crippen molar-refractivity contribution in [3.05, 3.63) is 22.6 Å². The minimum absolute atomic E-state index is 0.0899. The van der Waals surface area contributed by atoms with Gasteiger partial charge in [-0.25, -0.2) is 4.68 Å². The monoisotopic (exact) mass is 290 g/mol. The second-order valence-electron chi connectivity index (χ2n) is 6.07. The molecule has 6 nitrogen and oxygen atoms in total. The summed E-state index contributed by atoms with van der Waals surface area (Å²) in [7, 11) is 1.65. The van der Waals surface area contributed by atoms with E-state index in [4.69, 9.17) is 0 Å². The molecule has 1 saturated carbocycles. The Kier molecular flexibility index (Phi) is 3.94. The summed E-state index contributed by atoms with van der Waals surface area (Å²) in [6.07, 6.45) is 6.86. The van der Waals surface area contributed by atoms with Crippen LogP contribution in [-0.4, -0.2) is 34.8 Å². The van der Waals surface area contributed by atoms with Gasteiger partial charge in [-0.2, -0.15) is 5.10 Å². The molecule has 21 heavy (non-hydrogen) atoms. The number of nitrogens with one attached hydrogen (secondary N) is 1. The Hall–Kier alpha value is -1.85. The topological polar surface area (TPSA) is 67.2 Å². The molecular weight excluding hydrogens is 268 g/mol. The summed E-state index contributed by atoms with van der Waals surface area (Å²) in [5.41, 5.74) is 0.787. The van der Waals surface area contributed by atoms with E-state index in [1.54, 1.807) is 19.3 Å². The summed E-state index contributed by atoms with van der Waals surface area (Å²) >= 11 is 0. The van der Waals surface area contributed by atoms with Crippen LogP contribution < -0.4 is 15.8 Å². The van der Waals surface area contributed by atoms with Crippen molar-refractivity contribution >= 4 is 11.6 Å². The van der Waals surface area contributed by atoms with Crippen LogP contribution >= 0.6 is 0 Å². The van der Waals surface area contributed by atoms with Crippen LogP contribution in [0.4, 0.5) is 5.69 Å². The van der Waals surface area contributed by atoms with Gasteiger partial charge in [-0.05, 0) is 25.7 Å². The van der Waals surface area contributed by atoms with Crippen molar-refractivity contribution in [3.8, 4) is 0 Å². The molecule has 2 heterocycles. The van der Waals surface area contributed by atoms with E-state index in [0.29, 0.717) is 0 Å². The van der Waals surface area contributed by atoms with E-state index in [9.17, 15) is 9.59 Å². The highest BCUT2D eigenvalue weighted by Gasteiger charge is 2.28. The van der Waals surface area contributed by atoms with Crippen molar-refractivity contribution in [1.82, 2.24) is 15.1 Å². The zero-order valence-corrected chi connectivity index (χ0v) is 12.4. The average Bonchev–Trinajstić information content (AvgIpc) is 2.41. The summed E-state index contributed by atoms with van der Waals surface area (Å²) < 4.78 is 1.33. The molecule has 1 N–H and O–H groups in total. The van der Waals surface area contributed by atoms with E-state index >= 15 is 0 Å². The van der Waals surface area contributed by atoms with Crippen LogP contribution in [0.5, 0.6) is 0 Å². The highest BCUT2D eigenvalue weighted by Crippen LogP contribution is 2.27. The molecule has 0 unspecified atom stereocenters. The third kappa shape index (κ3) is 3.09. The van der Waals surface area contributed by atoms with E-state index in [1.165, 1.54) is 11.1 Å². The first-order valence-corrected chi connectivity index (χ1v) is 7.72. The molecule has 3 rings (SSSR count). The fraction of sp³-hybridized carbons (Fsp3) is 0.667. The van der Waals surface area contributed by atoms with E-state index in [-0.39, 0.29) is 23.4 Å². The molecule has 1 aromatic heterocycles. The van der Waals surface area contributed by atoms with Crippen molar-refractivity contribution in [2.75, 3.05) is 18.0 Å². The van der Waals surface area contributed by atoms with Crippen LogP contribution in [-0.2, 0) is 11.8 Å². The Labute approximate surface area is 124 Å². The van der Waals surface area contributed by atoms with Crippen molar-refractivity contribution in [1.29, 1.82) is 0 Å². The molecule has 114 valence electrons. The Morgan fingerprint density at radius 3 is 2.57 bits per heavy atom. The maximum absolute atomic E-state index is 11.9. The number of nitrogens with zero attached hydrogens (tertiary/aromatic N) is 3. The summed E-state index contributed by atoms with van der Waals surface area (Å²) in [6.45, 7) is 1.70. The van der Waals surface area contributed by atoms with Gasteiger partial charge in [-0.1, -0.05) is 6.42 Å². The molecule has 1 aliphatic heterocycles. The van der Waals surface area contributed by atoms with Gasteiger partial charge in [0.25, 0.3) is 5.56 Å². The minimum atomic E-state index is -0.0899. The quantitative estimate of drug-likeness (QED) is 0.888. The first-order chi connectivity index (χ1) is 10.1. The normalized spacial score (nSPS) is 20.1. The van der Waals surface area contributed by atoms with Crippen LogP contribution in [0, 0.1) is 5.92 Å². The van der Waals surface area contributed by atoms with Gasteiger partial charge >= 0.3 is 0 Å². The molecule has 1 saturated heterocycles. The molecule has 0 bridgehead atoms. The lowest BCUT2D eigenvalue weighted by Crippen LogP contribution is -2.47. The highest BCUT2D eigenvalue weighted by atomic mass is 16.2. The molecule has 0 spiro atoms. The standard InChI is InChI=1S/C15H22N4O2/c1-18-14(20)9-13(10-16-18)19-7-5-12(6-8-19)17-15(21)11-3-2-4-11/h9-12H,2-8H2,1H3,(H,17,21). The Morgan fingerprint density at radius 1 is 1.29 bits per heavy atom. The van der Waals surface area contributed by atoms with Crippen molar-refractivity contribution < 1.29 is 4.79 Å². The van der Waals surface area contributed by atoms with E-state index < -0.39 is 0 Å². The van der Waals surface area contributed by atoms with Gasteiger partial charge in [0.1, 0.15) is 0 Å². The van der Waals surface area contributed by atoms with Gasteiger partial charge in [0.15, 0.2) is 0 Å². The molecule has 2 fully saturated rings. The number of aromatic nitrogens is 2. The van der Waals surface area contributed by atoms with Gasteiger partial charge in [0.05, 0.1) is 11.9 Å². The summed E-state index contributed by atoms with van der Waals surface area (Å²) in [5.74, 6) is 0.485. The zero-order valence-electron chi connectivity index (χ0n) is 12.4. The van der Waals surface area contributed by atoms with Gasteiger partial charge in [0.2, 0.25) is 5.91 Å². The lowest BCUT2D eigenvalue weighted by Gasteiger charge is -2.35. The van der Waals surface area contributed by atoms with Gasteiger partial charge in [-0.3, -0.25) is 9.59 Å². The fourth-order valence-electron chi connectivity index (χ4n) is 2.90. The average molecular weight is 290 g/mol. The molecule has 1 amide bonds. The Morgan fingerprint density at radius 2 is 2.00 bits per heavy atom. The first kappa shape index (κ1) is 14.1. The molecule has 1 aromatic rings. The number of anilines is 1. The number of carbonyl (C=O) groups excluding carboxylic acids is 1. The minimum Gasteiger partial charge on any atom is -0.370 e. The van der Waals surface area contributed by atoms with Crippen LogP contribution in [0.2, 0.25) is 0 Å². The largest absolute Gasteiger partial charge is 0.370 e. The summed E-state index contributed by atoms with van der Waals surface area (Å²) in [4.78, 5) is 25.7. The van der Waals surface area contributed by atoms with Crippen LogP contribution in [0.1, 0.15) is 32.1 Å². The van der Waals surface area contributed by atoms with Gasteiger partial charge in [-0.15, -0.1) is 0 Å². The molecule has 2 aliphatic rings. The smallest absolute Gasteiger partial charge is 0.268 e. The van der Waals surface area contributed by atoms with Crippen molar-refractivity contribution in [2.24, 2.45) is 13.0 Å². The zero-order chi connectivity index (χ0) is 14.8. The molecule has 0 radical (unpaired) electrons. The lowest BCUT2D eigenvalue weighted by atomic mass is 9.84. The fourth-order valence-corrected chi connectivity index (χ4v) is 2.90. The molecule has 1 aliphatic carbocycles. The number of rotatable bonds is 3. The SMILES string of the molecule is Cn1ncc(N2CCC(NC(=O)C3CCC3)CC2)cc1=O.